The van der Waals surface area contributed by atoms with Crippen LogP contribution in [-0.2, 0) is 49.6 Å². The molecule has 1 heterocycles. The lowest BCUT2D eigenvalue weighted by Crippen LogP contribution is -2.58. The van der Waals surface area contributed by atoms with E-state index in [0.717, 1.165) is 12.1 Å². The molecule has 0 aromatic heterocycles. The summed E-state index contributed by atoms with van der Waals surface area (Å²) in [7, 11) is -5.12. The summed E-state index contributed by atoms with van der Waals surface area (Å²) < 4.78 is 35.4. The van der Waals surface area contributed by atoms with Gasteiger partial charge in [0.1, 0.15) is 12.1 Å². The Bertz CT molecular complexity index is 1850. The first kappa shape index (κ1) is 44.4. The molecule has 1 saturated heterocycles. The van der Waals surface area contributed by atoms with Crippen LogP contribution in [0.25, 0.3) is 0 Å². The molecular weight excluding hydrogens is 757 g/mol. The Morgan fingerprint density at radius 1 is 0.855 bits per heavy atom. The third-order valence-electron chi connectivity index (χ3n) is 8.79. The van der Waals surface area contributed by atoms with Gasteiger partial charge in [-0.1, -0.05) is 57.5 Å². The highest BCUT2D eigenvalue weighted by Crippen LogP contribution is 2.22. The summed E-state index contributed by atoms with van der Waals surface area (Å²) in [5.41, 5.74) is 0.330. The molecule has 1 fully saturated rings. The van der Waals surface area contributed by atoms with E-state index in [1.807, 2.05) is 0 Å². The number of amides is 5. The standard InChI is InChI=1S/C36H48N6O11S2/c1-4-8-26(31(44)35(48)38-20-28(43)41-30(36(49)50)22-9-6-5-7-10-22)39-33(46)27(19-21(2)3)40-34(47)29(23-15-17-54(51)18-16-23)42-32(45)24-11-13-25(14-12-24)55(37,52)53/h5-7,9-14,21,23,26-27,29-30H,4,8,15-20H2,1-3H3,(H,38,48)(H,39,46)(H,40,47)(H,41,43)(H,42,45)(H,49,50)(H2,37,52,53)/t23?,26-,27+,29+,30+,54?/m1/s1. The van der Waals surface area contributed by atoms with Crippen LogP contribution in [0, 0.1) is 11.8 Å². The Labute approximate surface area is 321 Å². The van der Waals surface area contributed by atoms with Gasteiger partial charge in [0, 0.05) is 27.9 Å². The molecule has 2 aromatic rings. The second-order valence-corrected chi connectivity index (χ2v) is 16.8. The van der Waals surface area contributed by atoms with Crippen LogP contribution in [0.3, 0.4) is 0 Å². The van der Waals surface area contributed by atoms with Crippen molar-refractivity contribution >= 4 is 62.1 Å². The predicted octanol–water partition coefficient (Wildman–Crippen LogP) is 0.0343. The normalized spacial score (nSPS) is 17.8. The molecule has 8 N–H and O–H groups in total. The van der Waals surface area contributed by atoms with Crippen LogP contribution in [-0.4, -0.2) is 95.2 Å². The van der Waals surface area contributed by atoms with Crippen molar-refractivity contribution in [2.75, 3.05) is 18.1 Å². The van der Waals surface area contributed by atoms with Crippen LogP contribution in [0.1, 0.15) is 74.8 Å². The van der Waals surface area contributed by atoms with Gasteiger partial charge in [0.05, 0.1) is 17.5 Å². The fourth-order valence-corrected chi connectivity index (χ4v) is 7.76. The number of rotatable bonds is 19. The fraction of sp³-hybridized carbons (Fsp3) is 0.472. The number of ketones is 1. The van der Waals surface area contributed by atoms with Gasteiger partial charge in [-0.15, -0.1) is 0 Å². The molecule has 300 valence electrons. The van der Waals surface area contributed by atoms with Crippen LogP contribution in [0.4, 0.5) is 0 Å². The molecule has 5 amide bonds. The maximum atomic E-state index is 13.9. The van der Waals surface area contributed by atoms with Gasteiger partial charge < -0.3 is 31.7 Å². The third kappa shape index (κ3) is 13.7. The smallest absolute Gasteiger partial charge is 0.330 e. The molecule has 0 aliphatic carbocycles. The summed E-state index contributed by atoms with van der Waals surface area (Å²) in [6.45, 7) is 4.59. The number of aliphatic carboxylic acids is 1. The van der Waals surface area contributed by atoms with E-state index in [1.54, 1.807) is 39.0 Å². The first-order valence-electron chi connectivity index (χ1n) is 17.7. The minimum Gasteiger partial charge on any atom is -0.479 e. The largest absolute Gasteiger partial charge is 0.479 e. The highest BCUT2D eigenvalue weighted by Gasteiger charge is 2.36. The molecule has 0 radical (unpaired) electrons. The minimum atomic E-state index is -4.02. The van der Waals surface area contributed by atoms with Gasteiger partial charge in [0.2, 0.25) is 33.5 Å². The zero-order valence-electron chi connectivity index (χ0n) is 30.7. The lowest BCUT2D eigenvalue weighted by atomic mass is 9.91. The molecule has 0 saturated carbocycles. The van der Waals surface area contributed by atoms with E-state index < -0.39 is 98.7 Å². The monoisotopic (exact) mass is 804 g/mol. The first-order chi connectivity index (χ1) is 25.9. The van der Waals surface area contributed by atoms with Crippen molar-refractivity contribution in [3.05, 3.63) is 65.7 Å². The summed E-state index contributed by atoms with van der Waals surface area (Å²) in [6.07, 6.45) is 1.16. The molecule has 0 spiro atoms. The number of carbonyl (C=O) groups is 7. The molecule has 2 aromatic carbocycles. The van der Waals surface area contributed by atoms with Gasteiger partial charge in [-0.25, -0.2) is 18.4 Å². The number of sulfonamides is 1. The number of nitrogens with two attached hydrogens (primary N) is 1. The van der Waals surface area contributed by atoms with E-state index >= 15 is 0 Å². The second-order valence-electron chi connectivity index (χ2n) is 13.5. The van der Waals surface area contributed by atoms with Crippen molar-refractivity contribution in [3.63, 3.8) is 0 Å². The Morgan fingerprint density at radius 3 is 2.00 bits per heavy atom. The molecule has 55 heavy (non-hydrogen) atoms. The third-order valence-corrected chi connectivity index (χ3v) is 11.1. The fourth-order valence-electron chi connectivity index (χ4n) is 5.91. The predicted molar refractivity (Wildman–Crippen MR) is 201 cm³/mol. The van der Waals surface area contributed by atoms with E-state index in [0.29, 0.717) is 36.3 Å². The van der Waals surface area contributed by atoms with Gasteiger partial charge in [-0.2, -0.15) is 0 Å². The quantitative estimate of drug-likeness (QED) is 0.0931. The maximum absolute atomic E-state index is 13.9. The average Bonchev–Trinajstić information content (AvgIpc) is 3.14. The summed E-state index contributed by atoms with van der Waals surface area (Å²) in [5, 5.41) is 27.1. The summed E-state index contributed by atoms with van der Waals surface area (Å²) in [6, 6.07) is 7.50. The summed E-state index contributed by atoms with van der Waals surface area (Å²) >= 11 is 0. The lowest BCUT2D eigenvalue weighted by Gasteiger charge is -2.31. The van der Waals surface area contributed by atoms with Gasteiger partial charge in [-0.3, -0.25) is 33.0 Å². The topological polar surface area (TPSA) is 277 Å². The van der Waals surface area contributed by atoms with E-state index in [4.69, 9.17) is 5.14 Å². The van der Waals surface area contributed by atoms with Crippen molar-refractivity contribution in [3.8, 4) is 0 Å². The summed E-state index contributed by atoms with van der Waals surface area (Å²) in [5.74, 6) is -6.69. The van der Waals surface area contributed by atoms with Crippen molar-refractivity contribution in [1.29, 1.82) is 0 Å². The van der Waals surface area contributed by atoms with Crippen LogP contribution in [0.5, 0.6) is 0 Å². The number of carboxylic acid groups (broad SMARTS) is 1. The van der Waals surface area contributed by atoms with Gasteiger partial charge in [-0.05, 0) is 67.3 Å². The number of benzene rings is 2. The zero-order chi connectivity index (χ0) is 40.9. The van der Waals surface area contributed by atoms with Crippen molar-refractivity contribution in [2.24, 2.45) is 17.0 Å². The van der Waals surface area contributed by atoms with Crippen LogP contribution < -0.4 is 31.7 Å². The number of nitrogens with one attached hydrogen (secondary N) is 5. The molecule has 0 unspecified atom stereocenters. The average molecular weight is 805 g/mol. The Kier molecular flexibility index (Phi) is 16.6. The van der Waals surface area contributed by atoms with Gasteiger partial charge in [0.15, 0.2) is 6.04 Å². The number of primary sulfonamides is 1. The highest BCUT2D eigenvalue weighted by atomic mass is 32.2. The zero-order valence-corrected chi connectivity index (χ0v) is 32.4. The molecule has 3 rings (SSSR count). The van der Waals surface area contributed by atoms with E-state index in [2.05, 4.69) is 26.6 Å². The van der Waals surface area contributed by atoms with Crippen molar-refractivity contribution < 1.29 is 51.3 Å². The van der Waals surface area contributed by atoms with Crippen molar-refractivity contribution in [2.45, 2.75) is 81.9 Å². The summed E-state index contributed by atoms with van der Waals surface area (Å²) in [4.78, 5) is 91.0. The van der Waals surface area contributed by atoms with Crippen LogP contribution >= 0.6 is 0 Å². The van der Waals surface area contributed by atoms with Gasteiger partial charge >= 0.3 is 5.97 Å². The van der Waals surface area contributed by atoms with E-state index in [1.165, 1.54) is 24.3 Å². The lowest BCUT2D eigenvalue weighted by molar-refractivity contribution is -0.142. The number of Topliss-reactive ketones (excluding diaryl/α,β-unsaturated/α-hetero) is 1. The molecule has 17 nitrogen and oxygen atoms in total. The molecule has 19 heteroatoms. The minimum absolute atomic E-state index is 0.0315. The maximum Gasteiger partial charge on any atom is 0.330 e. The van der Waals surface area contributed by atoms with Gasteiger partial charge in [0.25, 0.3) is 11.8 Å². The highest BCUT2D eigenvalue weighted by molar-refractivity contribution is 7.89. The second kappa shape index (κ2) is 20.6. The number of carbonyl (C=O) groups excluding carboxylic acids is 6. The Hall–Kier alpha value is -5.01. The number of hydrogen-bond donors (Lipinski definition) is 7. The first-order valence-corrected chi connectivity index (χ1v) is 20.7. The number of carboxylic acids is 1. The number of hydrogen-bond acceptors (Lipinski definition) is 10. The SMILES string of the molecule is CCC[C@@H](NC(=O)[C@H](CC(C)C)NC(=O)[C@@H](NC(=O)c1ccc(S(N)(=O)=O)cc1)C1CCS(=O)CC1)C(=O)C(=O)NCC(=O)N[C@H](C(=O)O)c1ccccc1. The Morgan fingerprint density at radius 2 is 1.45 bits per heavy atom. The van der Waals surface area contributed by atoms with E-state index in [-0.39, 0.29) is 29.2 Å². The molecule has 1 aliphatic heterocycles. The Balaban J connectivity index is 1.73. The van der Waals surface area contributed by atoms with Crippen molar-refractivity contribution in [1.82, 2.24) is 26.6 Å². The molecule has 0 bridgehead atoms. The molecule has 4 atom stereocenters. The van der Waals surface area contributed by atoms with E-state index in [9.17, 15) is 51.3 Å². The van der Waals surface area contributed by atoms with Crippen LogP contribution in [0.15, 0.2) is 59.5 Å². The molecular formula is C36H48N6O11S2. The van der Waals surface area contributed by atoms with Crippen LogP contribution in [0.2, 0.25) is 0 Å². The molecule has 1 aliphatic rings.